The summed E-state index contributed by atoms with van der Waals surface area (Å²) in [4.78, 5) is 14.7. The molecule has 3 heterocycles. The van der Waals surface area contributed by atoms with Crippen molar-refractivity contribution in [1.82, 2.24) is 0 Å². The molecule has 0 saturated heterocycles. The molecule has 0 spiro atoms. The third-order valence-electron chi connectivity index (χ3n) is 6.15. The van der Waals surface area contributed by atoms with Crippen LogP contribution in [-0.4, -0.2) is 6.29 Å². The molecule has 0 amide bonds. The van der Waals surface area contributed by atoms with Gasteiger partial charge in [0.2, 0.25) is 0 Å². The van der Waals surface area contributed by atoms with Crippen molar-refractivity contribution in [3.8, 4) is 0 Å². The normalized spacial score (nSPS) is 17.9. The zero-order valence-electron chi connectivity index (χ0n) is 15.5. The van der Waals surface area contributed by atoms with E-state index in [9.17, 15) is 4.79 Å². The van der Waals surface area contributed by atoms with Crippen molar-refractivity contribution in [2.24, 2.45) is 0 Å². The highest BCUT2D eigenvalue weighted by molar-refractivity contribution is 7.18. The Morgan fingerprint density at radius 1 is 0.846 bits per heavy atom. The molecule has 2 aliphatic heterocycles. The lowest BCUT2D eigenvalue weighted by Crippen LogP contribution is -2.37. The number of hydrogen-bond acceptors (Lipinski definition) is 3. The van der Waals surface area contributed by atoms with Crippen LogP contribution in [0, 0.1) is 0 Å². The Bertz CT molecular complexity index is 1070. The first-order valence-corrected chi connectivity index (χ1v) is 9.82. The fourth-order valence-corrected chi connectivity index (χ4v) is 5.84. The molecule has 0 fully saturated rings. The summed E-state index contributed by atoms with van der Waals surface area (Å²) in [6.07, 6.45) is 0.977. The van der Waals surface area contributed by atoms with Gasteiger partial charge in [-0.25, -0.2) is 0 Å². The number of carbonyl (C=O) groups is 1. The van der Waals surface area contributed by atoms with Crippen molar-refractivity contribution in [1.29, 1.82) is 0 Å². The molecular formula is C23H21NOS. The number of fused-ring (bicyclic) bond motifs is 4. The van der Waals surface area contributed by atoms with Gasteiger partial charge in [0.1, 0.15) is 5.00 Å². The molecule has 0 unspecified atom stereocenters. The highest BCUT2D eigenvalue weighted by Crippen LogP contribution is 2.61. The summed E-state index contributed by atoms with van der Waals surface area (Å²) in [6.45, 7) is 9.17. The maximum Gasteiger partial charge on any atom is 0.160 e. The molecule has 0 aliphatic carbocycles. The van der Waals surface area contributed by atoms with Crippen LogP contribution in [-0.2, 0) is 10.8 Å². The number of para-hydroxylation sites is 2. The summed E-state index contributed by atoms with van der Waals surface area (Å²) in [5.74, 6) is 0. The van der Waals surface area contributed by atoms with Crippen LogP contribution in [0.4, 0.5) is 16.4 Å². The van der Waals surface area contributed by atoms with Crippen LogP contribution in [0.1, 0.15) is 59.6 Å². The fourth-order valence-electron chi connectivity index (χ4n) is 4.68. The van der Waals surface area contributed by atoms with E-state index in [1.807, 2.05) is 0 Å². The number of carbonyl (C=O) groups excluding carboxylic acids is 1. The highest BCUT2D eigenvalue weighted by Gasteiger charge is 2.45. The van der Waals surface area contributed by atoms with Crippen LogP contribution in [0.15, 0.2) is 48.5 Å². The monoisotopic (exact) mass is 359 g/mol. The summed E-state index contributed by atoms with van der Waals surface area (Å²) in [5, 5.41) is 1.18. The van der Waals surface area contributed by atoms with Gasteiger partial charge < -0.3 is 4.90 Å². The molecule has 2 nitrogen and oxygen atoms in total. The summed E-state index contributed by atoms with van der Waals surface area (Å²) < 4.78 is 0. The molecule has 0 N–H and O–H groups in total. The molecule has 5 rings (SSSR count). The van der Waals surface area contributed by atoms with Crippen LogP contribution in [0.5, 0.6) is 0 Å². The molecule has 3 heteroatoms. The minimum absolute atomic E-state index is 0.0588. The Balaban J connectivity index is 1.95. The molecule has 0 radical (unpaired) electrons. The molecular weight excluding hydrogens is 338 g/mol. The van der Waals surface area contributed by atoms with E-state index in [4.69, 9.17) is 0 Å². The van der Waals surface area contributed by atoms with Crippen molar-refractivity contribution < 1.29 is 4.79 Å². The molecule has 0 bridgehead atoms. The largest absolute Gasteiger partial charge is 0.301 e. The number of aldehydes is 1. The number of benzene rings is 2. The van der Waals surface area contributed by atoms with Crippen molar-refractivity contribution in [3.05, 3.63) is 75.7 Å². The van der Waals surface area contributed by atoms with Gasteiger partial charge in [-0.1, -0.05) is 64.1 Å². The SMILES string of the molecule is CC1(C)c2ccccc2N2c3sc(C=O)cc3C(C)(C)c3cccc1c32. The van der Waals surface area contributed by atoms with E-state index in [2.05, 4.69) is 81.1 Å². The van der Waals surface area contributed by atoms with Crippen molar-refractivity contribution in [2.45, 2.75) is 38.5 Å². The van der Waals surface area contributed by atoms with Crippen LogP contribution in [0.25, 0.3) is 0 Å². The van der Waals surface area contributed by atoms with Crippen LogP contribution in [0.2, 0.25) is 0 Å². The van der Waals surface area contributed by atoms with E-state index in [1.165, 1.54) is 38.6 Å². The lowest BCUT2D eigenvalue weighted by atomic mass is 9.67. The lowest BCUT2D eigenvalue weighted by molar-refractivity contribution is 0.112. The Kier molecular flexibility index (Phi) is 2.96. The molecule has 1 aromatic heterocycles. The number of thiophene rings is 1. The van der Waals surface area contributed by atoms with Gasteiger partial charge in [-0.15, -0.1) is 11.3 Å². The predicted molar refractivity (Wildman–Crippen MR) is 109 cm³/mol. The van der Waals surface area contributed by atoms with Crippen molar-refractivity contribution >= 4 is 34.0 Å². The maximum absolute atomic E-state index is 11.5. The smallest absolute Gasteiger partial charge is 0.160 e. The average Bonchev–Trinajstić information content (AvgIpc) is 3.07. The molecule has 2 aliphatic rings. The van der Waals surface area contributed by atoms with Crippen LogP contribution >= 0.6 is 11.3 Å². The van der Waals surface area contributed by atoms with Crippen molar-refractivity contribution in [3.63, 3.8) is 0 Å². The first-order chi connectivity index (χ1) is 12.4. The Morgan fingerprint density at radius 3 is 2.15 bits per heavy atom. The van der Waals surface area contributed by atoms with Gasteiger partial charge in [0, 0.05) is 10.8 Å². The van der Waals surface area contributed by atoms with E-state index in [-0.39, 0.29) is 10.8 Å². The first kappa shape index (κ1) is 15.8. The number of hydrogen-bond donors (Lipinski definition) is 0. The zero-order chi connectivity index (χ0) is 18.3. The summed E-state index contributed by atoms with van der Waals surface area (Å²) in [5.41, 5.74) is 7.60. The number of rotatable bonds is 1. The minimum atomic E-state index is -0.128. The molecule has 2 aromatic carbocycles. The van der Waals surface area contributed by atoms with Gasteiger partial charge >= 0.3 is 0 Å². The van der Waals surface area contributed by atoms with E-state index >= 15 is 0 Å². The first-order valence-electron chi connectivity index (χ1n) is 9.00. The standard InChI is InChI=1S/C23H21NOS/c1-22(2)15-8-5-6-11-19(15)24-20-16(22)9-7-10-17(20)23(3,4)18-12-14(13-25)26-21(18)24/h5-13H,1-4H3. The average molecular weight is 359 g/mol. The molecule has 130 valence electrons. The van der Waals surface area contributed by atoms with E-state index in [1.54, 1.807) is 11.3 Å². The Hall–Kier alpha value is -2.39. The van der Waals surface area contributed by atoms with Gasteiger partial charge in [0.05, 0.1) is 16.3 Å². The Labute approximate surface area is 158 Å². The van der Waals surface area contributed by atoms with Gasteiger partial charge in [-0.3, -0.25) is 4.79 Å². The summed E-state index contributed by atoms with van der Waals surface area (Å²) in [7, 11) is 0. The van der Waals surface area contributed by atoms with Gasteiger partial charge in [-0.2, -0.15) is 0 Å². The van der Waals surface area contributed by atoms with Gasteiger partial charge in [-0.05, 0) is 34.4 Å². The zero-order valence-corrected chi connectivity index (χ0v) is 16.3. The summed E-state index contributed by atoms with van der Waals surface area (Å²) in [6, 6.07) is 17.4. The van der Waals surface area contributed by atoms with Gasteiger partial charge in [0.25, 0.3) is 0 Å². The lowest BCUT2D eigenvalue weighted by Gasteiger charge is -2.48. The van der Waals surface area contributed by atoms with E-state index in [0.717, 1.165) is 11.2 Å². The molecule has 0 atom stereocenters. The Morgan fingerprint density at radius 2 is 1.46 bits per heavy atom. The predicted octanol–water partition coefficient (Wildman–Crippen LogP) is 6.31. The third kappa shape index (κ3) is 1.74. The number of nitrogens with zero attached hydrogens (tertiary/aromatic N) is 1. The third-order valence-corrected chi connectivity index (χ3v) is 7.19. The molecule has 26 heavy (non-hydrogen) atoms. The topological polar surface area (TPSA) is 20.3 Å². The van der Waals surface area contributed by atoms with Crippen LogP contribution in [0.3, 0.4) is 0 Å². The maximum atomic E-state index is 11.5. The second kappa shape index (κ2) is 4.86. The van der Waals surface area contributed by atoms with Gasteiger partial charge in [0.15, 0.2) is 6.29 Å². The minimum Gasteiger partial charge on any atom is -0.301 e. The van der Waals surface area contributed by atoms with Crippen LogP contribution < -0.4 is 4.90 Å². The quantitative estimate of drug-likeness (QED) is 0.475. The second-order valence-corrected chi connectivity index (χ2v) is 9.35. The van der Waals surface area contributed by atoms with Crippen molar-refractivity contribution in [2.75, 3.05) is 4.90 Å². The van der Waals surface area contributed by atoms with E-state index in [0.29, 0.717) is 0 Å². The molecule has 0 saturated carbocycles. The highest BCUT2D eigenvalue weighted by atomic mass is 32.1. The second-order valence-electron chi connectivity index (χ2n) is 8.29. The fraction of sp³-hybridized carbons (Fsp3) is 0.261. The molecule has 3 aromatic rings. The number of anilines is 3. The van der Waals surface area contributed by atoms with E-state index < -0.39 is 0 Å². The summed E-state index contributed by atoms with van der Waals surface area (Å²) >= 11 is 1.60.